The second kappa shape index (κ2) is 7.17. The van der Waals surface area contributed by atoms with Crippen LogP contribution in [0, 0.1) is 0 Å². The van der Waals surface area contributed by atoms with Crippen molar-refractivity contribution in [2.75, 3.05) is 11.9 Å². The second-order valence-corrected chi connectivity index (χ2v) is 6.42. The van der Waals surface area contributed by atoms with Gasteiger partial charge in [0.1, 0.15) is 10.8 Å². The molecule has 3 aromatic rings. The molecule has 0 radical (unpaired) electrons. The van der Waals surface area contributed by atoms with E-state index in [1.807, 2.05) is 37.3 Å². The molecule has 0 saturated carbocycles. The average Bonchev–Trinajstić information content (AvgIpc) is 3.00. The van der Waals surface area contributed by atoms with Crippen molar-refractivity contribution in [2.45, 2.75) is 6.92 Å². The lowest BCUT2D eigenvalue weighted by Crippen LogP contribution is -1.91. The molecule has 0 atom stereocenters. The van der Waals surface area contributed by atoms with Crippen LogP contribution in [0.3, 0.4) is 0 Å². The quantitative estimate of drug-likeness (QED) is 0.633. The summed E-state index contributed by atoms with van der Waals surface area (Å²) < 4.78 is 5.51. The molecule has 2 aromatic carbocycles. The third kappa shape index (κ3) is 3.93. The largest absolute Gasteiger partial charge is 0.494 e. The first-order chi connectivity index (χ1) is 11.2. The summed E-state index contributed by atoms with van der Waals surface area (Å²) >= 11 is 13.4. The van der Waals surface area contributed by atoms with E-state index < -0.39 is 0 Å². The van der Waals surface area contributed by atoms with E-state index in [1.54, 1.807) is 12.1 Å². The summed E-state index contributed by atoms with van der Waals surface area (Å²) in [4.78, 5) is 0. The fourth-order valence-corrected chi connectivity index (χ4v) is 3.03. The van der Waals surface area contributed by atoms with Gasteiger partial charge in [0.15, 0.2) is 0 Å². The number of rotatable bonds is 5. The Balaban J connectivity index is 1.80. The predicted molar refractivity (Wildman–Crippen MR) is 96.3 cm³/mol. The fraction of sp³-hybridized carbons (Fsp3) is 0.125. The minimum absolute atomic E-state index is 0.492. The maximum absolute atomic E-state index is 6.01. The molecule has 1 aromatic heterocycles. The Kier molecular flexibility index (Phi) is 5.00. The molecule has 0 aliphatic carbocycles. The molecule has 0 unspecified atom stereocenters. The van der Waals surface area contributed by atoms with Gasteiger partial charge in [0.25, 0.3) is 0 Å². The molecule has 3 rings (SSSR count). The van der Waals surface area contributed by atoms with Crippen molar-refractivity contribution in [3.63, 3.8) is 0 Å². The fourth-order valence-electron chi connectivity index (χ4n) is 1.97. The van der Waals surface area contributed by atoms with Crippen LogP contribution in [-0.2, 0) is 0 Å². The van der Waals surface area contributed by atoms with Gasteiger partial charge in [0.05, 0.1) is 16.7 Å². The molecule has 0 fully saturated rings. The summed E-state index contributed by atoms with van der Waals surface area (Å²) in [6, 6.07) is 13.1. The van der Waals surface area contributed by atoms with E-state index in [4.69, 9.17) is 27.9 Å². The highest BCUT2D eigenvalue weighted by atomic mass is 35.5. The first-order valence-corrected chi connectivity index (χ1v) is 8.52. The molecule has 1 N–H and O–H groups in total. The van der Waals surface area contributed by atoms with Gasteiger partial charge in [0, 0.05) is 11.3 Å². The first-order valence-electron chi connectivity index (χ1n) is 6.94. The number of aromatic nitrogens is 2. The van der Waals surface area contributed by atoms with Crippen molar-refractivity contribution in [3.8, 4) is 16.3 Å². The van der Waals surface area contributed by atoms with Gasteiger partial charge in [-0.2, -0.15) is 0 Å². The van der Waals surface area contributed by atoms with Crippen LogP contribution in [0.1, 0.15) is 6.92 Å². The molecule has 1 heterocycles. The highest BCUT2D eigenvalue weighted by Gasteiger charge is 2.08. The zero-order valence-electron chi connectivity index (χ0n) is 12.2. The number of nitrogens with zero attached hydrogens (tertiary/aromatic N) is 2. The molecule has 0 bridgehead atoms. The highest BCUT2D eigenvalue weighted by Crippen LogP contribution is 2.32. The molecule has 7 heteroatoms. The Morgan fingerprint density at radius 3 is 2.74 bits per heavy atom. The van der Waals surface area contributed by atoms with Gasteiger partial charge in [-0.1, -0.05) is 46.7 Å². The number of ether oxygens (including phenoxy) is 1. The summed E-state index contributed by atoms with van der Waals surface area (Å²) in [6.45, 7) is 2.58. The molecular weight excluding hydrogens is 353 g/mol. The summed E-state index contributed by atoms with van der Waals surface area (Å²) in [5, 5.41) is 14.0. The smallest absolute Gasteiger partial charge is 0.210 e. The Labute approximate surface area is 148 Å². The highest BCUT2D eigenvalue weighted by molar-refractivity contribution is 7.18. The van der Waals surface area contributed by atoms with Crippen LogP contribution in [0.15, 0.2) is 42.5 Å². The Morgan fingerprint density at radius 1 is 1.09 bits per heavy atom. The number of hydrogen-bond acceptors (Lipinski definition) is 5. The van der Waals surface area contributed by atoms with Gasteiger partial charge in [-0.15, -0.1) is 10.2 Å². The molecule has 4 nitrogen and oxygen atoms in total. The Morgan fingerprint density at radius 2 is 1.96 bits per heavy atom. The molecule has 0 aliphatic rings. The van der Waals surface area contributed by atoms with Gasteiger partial charge >= 0.3 is 0 Å². The van der Waals surface area contributed by atoms with Crippen LogP contribution in [0.25, 0.3) is 10.6 Å². The average molecular weight is 366 g/mol. The van der Waals surface area contributed by atoms with E-state index in [-0.39, 0.29) is 0 Å². The molecule has 0 aliphatic heterocycles. The Bertz CT molecular complexity index is 823. The molecular formula is C16H13Cl2N3OS. The molecule has 0 amide bonds. The van der Waals surface area contributed by atoms with Crippen molar-refractivity contribution in [2.24, 2.45) is 0 Å². The molecule has 0 saturated heterocycles. The predicted octanol–water partition coefficient (Wildman–Crippen LogP) is 5.65. The summed E-state index contributed by atoms with van der Waals surface area (Å²) in [6.07, 6.45) is 0. The van der Waals surface area contributed by atoms with Gasteiger partial charge in [0.2, 0.25) is 5.13 Å². The third-order valence-corrected chi connectivity index (χ3v) is 4.61. The lowest BCUT2D eigenvalue weighted by atomic mass is 10.2. The van der Waals surface area contributed by atoms with Crippen LogP contribution in [-0.4, -0.2) is 16.8 Å². The Hall–Kier alpha value is -1.82. The van der Waals surface area contributed by atoms with Crippen molar-refractivity contribution in [1.29, 1.82) is 0 Å². The van der Waals surface area contributed by atoms with Crippen molar-refractivity contribution in [3.05, 3.63) is 52.5 Å². The van der Waals surface area contributed by atoms with E-state index in [2.05, 4.69) is 15.5 Å². The van der Waals surface area contributed by atoms with Gasteiger partial charge in [-0.25, -0.2) is 0 Å². The van der Waals surface area contributed by atoms with E-state index in [0.29, 0.717) is 21.8 Å². The number of anilines is 2. The van der Waals surface area contributed by atoms with Crippen molar-refractivity contribution in [1.82, 2.24) is 10.2 Å². The molecule has 23 heavy (non-hydrogen) atoms. The van der Waals surface area contributed by atoms with E-state index >= 15 is 0 Å². The van der Waals surface area contributed by atoms with Crippen LogP contribution in [0.4, 0.5) is 10.8 Å². The lowest BCUT2D eigenvalue weighted by molar-refractivity contribution is 0.340. The summed E-state index contributed by atoms with van der Waals surface area (Å²) in [5.41, 5.74) is 1.78. The van der Waals surface area contributed by atoms with E-state index in [0.717, 1.165) is 22.0 Å². The van der Waals surface area contributed by atoms with Crippen molar-refractivity contribution >= 4 is 45.4 Å². The summed E-state index contributed by atoms with van der Waals surface area (Å²) in [5.74, 6) is 0.819. The number of halogens is 2. The lowest BCUT2D eigenvalue weighted by Gasteiger charge is -2.04. The minimum atomic E-state index is 0.492. The van der Waals surface area contributed by atoms with Crippen molar-refractivity contribution < 1.29 is 4.74 Å². The normalized spacial score (nSPS) is 10.6. The van der Waals surface area contributed by atoms with Crippen LogP contribution in [0.5, 0.6) is 5.75 Å². The SMILES string of the molecule is CCOc1cccc(-c2nnc(Nc3ccc(Cl)c(Cl)c3)s2)c1. The maximum atomic E-state index is 6.01. The topological polar surface area (TPSA) is 47.0 Å². The van der Waals surface area contributed by atoms with E-state index in [9.17, 15) is 0 Å². The molecule has 118 valence electrons. The van der Waals surface area contributed by atoms with E-state index in [1.165, 1.54) is 11.3 Å². The van der Waals surface area contributed by atoms with Gasteiger partial charge in [-0.05, 0) is 37.3 Å². The zero-order valence-corrected chi connectivity index (χ0v) is 14.5. The third-order valence-electron chi connectivity index (χ3n) is 2.99. The maximum Gasteiger partial charge on any atom is 0.210 e. The zero-order chi connectivity index (χ0) is 16.2. The second-order valence-electron chi connectivity index (χ2n) is 4.63. The van der Waals surface area contributed by atoms with Gasteiger partial charge in [-0.3, -0.25) is 0 Å². The number of hydrogen-bond donors (Lipinski definition) is 1. The van der Waals surface area contributed by atoms with Gasteiger partial charge < -0.3 is 10.1 Å². The minimum Gasteiger partial charge on any atom is -0.494 e. The summed E-state index contributed by atoms with van der Waals surface area (Å²) in [7, 11) is 0. The standard InChI is InChI=1S/C16H13Cl2N3OS/c1-2-22-12-5-3-4-10(8-12)15-20-21-16(23-15)19-11-6-7-13(17)14(18)9-11/h3-9H,2H2,1H3,(H,19,21). The monoisotopic (exact) mass is 365 g/mol. The van der Waals surface area contributed by atoms with Crippen LogP contribution >= 0.6 is 34.5 Å². The number of nitrogens with one attached hydrogen (secondary N) is 1. The first kappa shape index (κ1) is 16.1. The van der Waals surface area contributed by atoms with Crippen LogP contribution < -0.4 is 10.1 Å². The molecule has 0 spiro atoms. The number of benzene rings is 2. The van der Waals surface area contributed by atoms with Crippen LogP contribution in [0.2, 0.25) is 10.0 Å².